The molecule has 1 aliphatic rings. The fourth-order valence-corrected chi connectivity index (χ4v) is 2.53. The maximum Gasteiger partial charge on any atom is 0.234 e. The number of nitrogens with two attached hydrogens (primary N) is 1. The van der Waals surface area contributed by atoms with Crippen LogP contribution in [0.25, 0.3) is 0 Å². The molecular weight excluding hydrogens is 240 g/mol. The van der Waals surface area contributed by atoms with Crippen LogP contribution in [0.1, 0.15) is 38.2 Å². The molecule has 19 heavy (non-hydrogen) atoms. The number of benzene rings is 1. The molecular formula is C15H22N2O2. The topological polar surface area (TPSA) is 64.3 Å². The first kappa shape index (κ1) is 13.9. The molecule has 2 rings (SSSR count). The summed E-state index contributed by atoms with van der Waals surface area (Å²) in [4.78, 5) is 11.2. The monoisotopic (exact) mass is 262 g/mol. The Morgan fingerprint density at radius 3 is 2.63 bits per heavy atom. The van der Waals surface area contributed by atoms with Gasteiger partial charge in [-0.05, 0) is 56.8 Å². The van der Waals surface area contributed by atoms with E-state index in [1.807, 2.05) is 26.0 Å². The Kier molecular flexibility index (Phi) is 4.43. The van der Waals surface area contributed by atoms with Crippen molar-refractivity contribution >= 4 is 5.91 Å². The van der Waals surface area contributed by atoms with E-state index in [4.69, 9.17) is 10.5 Å². The lowest BCUT2D eigenvalue weighted by atomic mass is 9.86. The Labute approximate surface area is 114 Å². The van der Waals surface area contributed by atoms with E-state index in [0.29, 0.717) is 5.92 Å². The Bertz CT molecular complexity index is 428. The number of hydrogen-bond donors (Lipinski definition) is 2. The van der Waals surface area contributed by atoms with Crippen molar-refractivity contribution in [1.82, 2.24) is 5.32 Å². The third-order valence-electron chi connectivity index (χ3n) is 3.47. The van der Waals surface area contributed by atoms with Gasteiger partial charge in [0.25, 0.3) is 0 Å². The van der Waals surface area contributed by atoms with Crippen molar-refractivity contribution < 1.29 is 9.53 Å². The first-order valence-electron chi connectivity index (χ1n) is 6.85. The van der Waals surface area contributed by atoms with Gasteiger partial charge < -0.3 is 15.8 Å². The summed E-state index contributed by atoms with van der Waals surface area (Å²) in [6.45, 7) is 4.86. The minimum Gasteiger partial charge on any atom is -0.491 e. The Hall–Kier alpha value is -1.55. The third-order valence-corrected chi connectivity index (χ3v) is 3.47. The molecule has 4 nitrogen and oxygen atoms in total. The number of amides is 1. The van der Waals surface area contributed by atoms with Gasteiger partial charge >= 0.3 is 0 Å². The van der Waals surface area contributed by atoms with E-state index >= 15 is 0 Å². The summed E-state index contributed by atoms with van der Waals surface area (Å²) >= 11 is 0. The number of ether oxygens (including phenoxy) is 1. The molecule has 1 fully saturated rings. The van der Waals surface area contributed by atoms with Crippen molar-refractivity contribution in [2.45, 2.75) is 44.8 Å². The predicted molar refractivity (Wildman–Crippen MR) is 75.2 cm³/mol. The van der Waals surface area contributed by atoms with Gasteiger partial charge in [-0.1, -0.05) is 12.1 Å². The standard InChI is InChI=1S/C15H22N2O2/c1-10(2)19-13-5-3-11(4-6-13)12-7-8-17-14(9-12)15(16)18/h3-6,10,12,14,17H,7-9H2,1-2H3,(H2,16,18). The summed E-state index contributed by atoms with van der Waals surface area (Å²) in [6, 6.07) is 7.97. The molecule has 1 saturated heterocycles. The molecule has 1 aromatic rings. The molecule has 0 saturated carbocycles. The fraction of sp³-hybridized carbons (Fsp3) is 0.533. The molecule has 4 heteroatoms. The normalized spacial score (nSPS) is 23.3. The zero-order valence-corrected chi connectivity index (χ0v) is 11.6. The van der Waals surface area contributed by atoms with Crippen LogP contribution < -0.4 is 15.8 Å². The van der Waals surface area contributed by atoms with Crippen LogP contribution in [0.5, 0.6) is 5.75 Å². The Morgan fingerprint density at radius 1 is 1.37 bits per heavy atom. The molecule has 0 radical (unpaired) electrons. The van der Waals surface area contributed by atoms with E-state index in [-0.39, 0.29) is 18.1 Å². The summed E-state index contributed by atoms with van der Waals surface area (Å²) in [5.41, 5.74) is 6.62. The second-order valence-electron chi connectivity index (χ2n) is 5.37. The summed E-state index contributed by atoms with van der Waals surface area (Å²) in [5.74, 6) is 1.02. The first-order chi connectivity index (χ1) is 9.06. The van der Waals surface area contributed by atoms with Crippen LogP contribution >= 0.6 is 0 Å². The average Bonchev–Trinajstić information content (AvgIpc) is 2.39. The fourth-order valence-electron chi connectivity index (χ4n) is 2.53. The lowest BCUT2D eigenvalue weighted by Crippen LogP contribution is -2.46. The van der Waals surface area contributed by atoms with E-state index in [2.05, 4.69) is 17.4 Å². The van der Waals surface area contributed by atoms with Crippen LogP contribution in [-0.4, -0.2) is 24.6 Å². The average molecular weight is 262 g/mol. The lowest BCUT2D eigenvalue weighted by molar-refractivity contribution is -0.120. The second-order valence-corrected chi connectivity index (χ2v) is 5.37. The minimum absolute atomic E-state index is 0.184. The number of nitrogens with one attached hydrogen (secondary N) is 1. The molecule has 3 N–H and O–H groups in total. The zero-order valence-electron chi connectivity index (χ0n) is 11.6. The number of carbonyl (C=O) groups excluding carboxylic acids is 1. The third kappa shape index (κ3) is 3.70. The number of piperidine rings is 1. The number of carbonyl (C=O) groups is 1. The van der Waals surface area contributed by atoms with Crippen molar-refractivity contribution in [2.75, 3.05) is 6.54 Å². The second kappa shape index (κ2) is 6.06. The molecule has 0 aliphatic carbocycles. The maximum atomic E-state index is 11.2. The van der Waals surface area contributed by atoms with Crippen LogP contribution in [0.15, 0.2) is 24.3 Å². The van der Waals surface area contributed by atoms with E-state index in [1.54, 1.807) is 0 Å². The smallest absolute Gasteiger partial charge is 0.234 e. The minimum atomic E-state index is -0.260. The van der Waals surface area contributed by atoms with Crippen molar-refractivity contribution in [3.8, 4) is 5.75 Å². The molecule has 1 aliphatic heterocycles. The molecule has 1 aromatic carbocycles. The van der Waals surface area contributed by atoms with Gasteiger partial charge in [-0.3, -0.25) is 4.79 Å². The Morgan fingerprint density at radius 2 is 2.05 bits per heavy atom. The van der Waals surface area contributed by atoms with Gasteiger partial charge in [0, 0.05) is 0 Å². The maximum absolute atomic E-state index is 11.2. The van der Waals surface area contributed by atoms with Crippen molar-refractivity contribution in [3.05, 3.63) is 29.8 Å². The van der Waals surface area contributed by atoms with Crippen molar-refractivity contribution in [1.29, 1.82) is 0 Å². The van der Waals surface area contributed by atoms with Crippen LogP contribution in [-0.2, 0) is 4.79 Å². The highest BCUT2D eigenvalue weighted by molar-refractivity contribution is 5.80. The SMILES string of the molecule is CC(C)Oc1ccc(C2CCNC(C(N)=O)C2)cc1. The van der Waals surface area contributed by atoms with Gasteiger partial charge in [0.2, 0.25) is 5.91 Å². The summed E-state index contributed by atoms with van der Waals surface area (Å²) in [6.07, 6.45) is 2.00. The van der Waals surface area contributed by atoms with Gasteiger partial charge in [-0.15, -0.1) is 0 Å². The molecule has 0 bridgehead atoms. The van der Waals surface area contributed by atoms with E-state index in [0.717, 1.165) is 25.1 Å². The summed E-state index contributed by atoms with van der Waals surface area (Å²) < 4.78 is 5.63. The van der Waals surface area contributed by atoms with Crippen LogP contribution in [0, 0.1) is 0 Å². The molecule has 0 spiro atoms. The van der Waals surface area contributed by atoms with Crippen LogP contribution in [0.2, 0.25) is 0 Å². The molecule has 0 aromatic heterocycles. The predicted octanol–water partition coefficient (Wildman–Crippen LogP) is 1.79. The summed E-state index contributed by atoms with van der Waals surface area (Å²) in [7, 11) is 0. The van der Waals surface area contributed by atoms with Gasteiger partial charge in [-0.2, -0.15) is 0 Å². The number of primary amides is 1. The lowest BCUT2D eigenvalue weighted by Gasteiger charge is -2.28. The molecule has 104 valence electrons. The molecule has 2 atom stereocenters. The zero-order chi connectivity index (χ0) is 13.8. The molecule has 2 unspecified atom stereocenters. The number of rotatable bonds is 4. The Balaban J connectivity index is 2.03. The first-order valence-corrected chi connectivity index (χ1v) is 6.85. The summed E-state index contributed by atoms with van der Waals surface area (Å²) in [5, 5.41) is 3.16. The van der Waals surface area contributed by atoms with E-state index in [1.165, 1.54) is 5.56 Å². The highest BCUT2D eigenvalue weighted by Crippen LogP contribution is 2.29. The van der Waals surface area contributed by atoms with Gasteiger partial charge in [-0.25, -0.2) is 0 Å². The van der Waals surface area contributed by atoms with Crippen molar-refractivity contribution in [3.63, 3.8) is 0 Å². The van der Waals surface area contributed by atoms with Crippen LogP contribution in [0.3, 0.4) is 0 Å². The molecule has 1 amide bonds. The van der Waals surface area contributed by atoms with Gasteiger partial charge in [0.1, 0.15) is 5.75 Å². The van der Waals surface area contributed by atoms with Gasteiger partial charge in [0.15, 0.2) is 0 Å². The largest absolute Gasteiger partial charge is 0.491 e. The highest BCUT2D eigenvalue weighted by Gasteiger charge is 2.26. The van der Waals surface area contributed by atoms with Gasteiger partial charge in [0.05, 0.1) is 12.1 Å². The highest BCUT2D eigenvalue weighted by atomic mass is 16.5. The number of hydrogen-bond acceptors (Lipinski definition) is 3. The van der Waals surface area contributed by atoms with Crippen LogP contribution in [0.4, 0.5) is 0 Å². The quantitative estimate of drug-likeness (QED) is 0.869. The van der Waals surface area contributed by atoms with E-state index in [9.17, 15) is 4.79 Å². The molecule has 1 heterocycles. The van der Waals surface area contributed by atoms with E-state index < -0.39 is 0 Å². The van der Waals surface area contributed by atoms with Crippen molar-refractivity contribution in [2.24, 2.45) is 5.73 Å².